The van der Waals surface area contributed by atoms with Crippen LogP contribution in [0.15, 0.2) is 23.7 Å². The highest BCUT2D eigenvalue weighted by Gasteiger charge is 2.11. The van der Waals surface area contributed by atoms with Crippen LogP contribution in [0.2, 0.25) is 5.28 Å². The lowest BCUT2D eigenvalue weighted by molar-refractivity contribution is 0.607. The maximum Gasteiger partial charge on any atom is 0.224 e. The van der Waals surface area contributed by atoms with Gasteiger partial charge in [0.05, 0.1) is 6.20 Å². The monoisotopic (exact) mass is 271 g/mol. The number of rotatable bonds is 4. The van der Waals surface area contributed by atoms with Gasteiger partial charge in [-0.3, -0.25) is 0 Å². The lowest BCUT2D eigenvalue weighted by Crippen LogP contribution is -2.22. The number of aromatic nitrogens is 2. The van der Waals surface area contributed by atoms with Crippen molar-refractivity contribution in [3.05, 3.63) is 39.7 Å². The van der Waals surface area contributed by atoms with Crippen LogP contribution in [0.3, 0.4) is 0 Å². The molecule has 0 atom stereocenters. The topological polar surface area (TPSA) is 29.0 Å². The van der Waals surface area contributed by atoms with Gasteiger partial charge in [0.2, 0.25) is 5.28 Å². The third-order valence-corrected chi connectivity index (χ3v) is 3.45. The Labute approximate surface area is 108 Å². The largest absolute Gasteiger partial charge is 0.357 e. The average Bonchev–Trinajstić information content (AvgIpc) is 2.82. The molecule has 0 aliphatic heterocycles. The predicted octanol–water partition coefficient (Wildman–Crippen LogP) is 3.01. The molecular weight excluding hydrogens is 261 g/mol. The summed E-state index contributed by atoms with van der Waals surface area (Å²) in [5.74, 6) is -0.218. The van der Waals surface area contributed by atoms with Crippen molar-refractivity contribution >= 4 is 28.8 Å². The van der Waals surface area contributed by atoms with E-state index in [9.17, 15) is 4.39 Å². The fourth-order valence-electron chi connectivity index (χ4n) is 1.44. The van der Waals surface area contributed by atoms with E-state index < -0.39 is 5.82 Å². The van der Waals surface area contributed by atoms with Crippen molar-refractivity contribution in [1.29, 1.82) is 0 Å². The van der Waals surface area contributed by atoms with E-state index in [-0.39, 0.29) is 11.1 Å². The first kappa shape index (κ1) is 12.3. The van der Waals surface area contributed by atoms with E-state index in [1.807, 2.05) is 11.4 Å². The van der Waals surface area contributed by atoms with Gasteiger partial charge in [-0.1, -0.05) is 6.07 Å². The van der Waals surface area contributed by atoms with Gasteiger partial charge < -0.3 is 4.90 Å². The van der Waals surface area contributed by atoms with Crippen molar-refractivity contribution in [2.75, 3.05) is 18.5 Å². The van der Waals surface area contributed by atoms with Gasteiger partial charge in [-0.2, -0.15) is 4.98 Å². The van der Waals surface area contributed by atoms with Crippen LogP contribution in [-0.4, -0.2) is 23.6 Å². The summed E-state index contributed by atoms with van der Waals surface area (Å²) in [6.07, 6.45) is 1.95. The van der Waals surface area contributed by atoms with Gasteiger partial charge in [-0.15, -0.1) is 11.3 Å². The highest BCUT2D eigenvalue weighted by Crippen LogP contribution is 2.17. The lowest BCUT2D eigenvalue weighted by atomic mass is 10.3. The van der Waals surface area contributed by atoms with Crippen LogP contribution in [-0.2, 0) is 6.42 Å². The summed E-state index contributed by atoms with van der Waals surface area (Å²) in [5, 5.41) is 2.08. The summed E-state index contributed by atoms with van der Waals surface area (Å²) >= 11 is 7.34. The number of thiophene rings is 1. The van der Waals surface area contributed by atoms with Gasteiger partial charge in [0.15, 0.2) is 11.6 Å². The summed E-state index contributed by atoms with van der Waals surface area (Å²) in [5.41, 5.74) is 0. The zero-order valence-electron chi connectivity index (χ0n) is 9.23. The highest BCUT2D eigenvalue weighted by atomic mass is 35.5. The van der Waals surface area contributed by atoms with E-state index in [4.69, 9.17) is 11.6 Å². The minimum Gasteiger partial charge on any atom is -0.357 e. The minimum atomic E-state index is -0.455. The molecule has 0 radical (unpaired) electrons. The Morgan fingerprint density at radius 3 is 3.06 bits per heavy atom. The fraction of sp³-hybridized carbons (Fsp3) is 0.273. The molecule has 2 aromatic heterocycles. The highest BCUT2D eigenvalue weighted by molar-refractivity contribution is 7.09. The van der Waals surface area contributed by atoms with Gasteiger partial charge in [0.1, 0.15) is 0 Å². The Bertz CT molecular complexity index is 489. The van der Waals surface area contributed by atoms with Gasteiger partial charge in [0.25, 0.3) is 0 Å². The molecule has 0 aliphatic carbocycles. The molecule has 0 amide bonds. The van der Waals surface area contributed by atoms with Crippen molar-refractivity contribution < 1.29 is 4.39 Å². The van der Waals surface area contributed by atoms with Crippen LogP contribution in [0.4, 0.5) is 10.2 Å². The summed E-state index contributed by atoms with van der Waals surface area (Å²) in [6, 6.07) is 4.06. The Kier molecular flexibility index (Phi) is 3.91. The number of halogens is 2. The van der Waals surface area contributed by atoms with E-state index >= 15 is 0 Å². The zero-order valence-corrected chi connectivity index (χ0v) is 10.8. The number of hydrogen-bond donors (Lipinski definition) is 0. The maximum atomic E-state index is 13.5. The van der Waals surface area contributed by atoms with Gasteiger partial charge >= 0.3 is 0 Å². The first-order valence-electron chi connectivity index (χ1n) is 5.08. The number of anilines is 1. The van der Waals surface area contributed by atoms with Crippen LogP contribution in [0, 0.1) is 5.82 Å². The van der Waals surface area contributed by atoms with E-state index in [1.165, 1.54) is 4.88 Å². The molecule has 0 aliphatic rings. The number of likely N-dealkylation sites (N-methyl/N-ethyl adjacent to an activating group) is 1. The van der Waals surface area contributed by atoms with Crippen molar-refractivity contribution in [3.8, 4) is 0 Å². The molecule has 2 heterocycles. The van der Waals surface area contributed by atoms with Crippen LogP contribution < -0.4 is 4.90 Å². The Hall–Kier alpha value is -1.20. The Morgan fingerprint density at radius 2 is 2.35 bits per heavy atom. The summed E-state index contributed by atoms with van der Waals surface area (Å²) in [4.78, 5) is 10.5. The molecule has 0 aromatic carbocycles. The third kappa shape index (κ3) is 3.14. The maximum absolute atomic E-state index is 13.5. The van der Waals surface area contributed by atoms with Crippen molar-refractivity contribution in [1.82, 2.24) is 9.97 Å². The van der Waals surface area contributed by atoms with Crippen molar-refractivity contribution in [2.45, 2.75) is 6.42 Å². The second-order valence-corrected chi connectivity index (χ2v) is 4.93. The van der Waals surface area contributed by atoms with E-state index in [1.54, 1.807) is 23.3 Å². The molecule has 17 heavy (non-hydrogen) atoms. The standard InChI is InChI=1S/C11H11ClFN3S/c1-16(5-4-8-3-2-6-17-8)10-9(13)7-14-11(12)15-10/h2-3,6-7H,4-5H2,1H3. The van der Waals surface area contributed by atoms with Crippen LogP contribution >= 0.6 is 22.9 Å². The molecule has 3 nitrogen and oxygen atoms in total. The second kappa shape index (κ2) is 5.42. The van der Waals surface area contributed by atoms with Gasteiger partial charge in [0, 0.05) is 18.5 Å². The smallest absolute Gasteiger partial charge is 0.224 e. The van der Waals surface area contributed by atoms with E-state index in [0.29, 0.717) is 6.54 Å². The molecule has 0 saturated carbocycles. The molecule has 0 N–H and O–H groups in total. The first-order chi connectivity index (χ1) is 8.16. The normalized spacial score (nSPS) is 10.5. The summed E-state index contributed by atoms with van der Waals surface area (Å²) < 4.78 is 13.5. The van der Waals surface area contributed by atoms with Crippen LogP contribution in [0.5, 0.6) is 0 Å². The molecule has 90 valence electrons. The Balaban J connectivity index is 2.04. The molecule has 0 saturated heterocycles. The van der Waals surface area contributed by atoms with E-state index in [0.717, 1.165) is 12.6 Å². The molecule has 0 fully saturated rings. The quantitative estimate of drug-likeness (QED) is 0.801. The molecular formula is C11H11ClFN3S. The van der Waals surface area contributed by atoms with Crippen LogP contribution in [0.25, 0.3) is 0 Å². The first-order valence-corrected chi connectivity index (χ1v) is 6.34. The van der Waals surface area contributed by atoms with Gasteiger partial charge in [-0.05, 0) is 29.5 Å². The third-order valence-electron chi connectivity index (χ3n) is 2.33. The summed E-state index contributed by atoms with van der Waals surface area (Å²) in [7, 11) is 1.79. The molecule has 0 unspecified atom stereocenters. The average molecular weight is 272 g/mol. The molecule has 0 spiro atoms. The SMILES string of the molecule is CN(CCc1cccs1)c1nc(Cl)ncc1F. The minimum absolute atomic E-state index is 0.0596. The van der Waals surface area contributed by atoms with E-state index in [2.05, 4.69) is 16.0 Å². The Morgan fingerprint density at radius 1 is 1.53 bits per heavy atom. The van der Waals surface area contributed by atoms with Gasteiger partial charge in [-0.25, -0.2) is 9.37 Å². The number of nitrogens with zero attached hydrogens (tertiary/aromatic N) is 3. The zero-order chi connectivity index (χ0) is 12.3. The fourth-order valence-corrected chi connectivity index (χ4v) is 2.27. The molecule has 2 rings (SSSR count). The van der Waals surface area contributed by atoms with Crippen molar-refractivity contribution in [2.24, 2.45) is 0 Å². The predicted molar refractivity (Wildman–Crippen MR) is 68.3 cm³/mol. The molecule has 6 heteroatoms. The summed E-state index contributed by atoms with van der Waals surface area (Å²) in [6.45, 7) is 0.685. The lowest BCUT2D eigenvalue weighted by Gasteiger charge is -2.17. The molecule has 2 aromatic rings. The van der Waals surface area contributed by atoms with Crippen molar-refractivity contribution in [3.63, 3.8) is 0 Å². The molecule has 0 bridgehead atoms. The van der Waals surface area contributed by atoms with Crippen LogP contribution in [0.1, 0.15) is 4.88 Å². The number of hydrogen-bond acceptors (Lipinski definition) is 4. The second-order valence-electron chi connectivity index (χ2n) is 3.56.